The molecule has 3 heterocycles. The maximum absolute atomic E-state index is 13.6. The molecule has 5 rings (SSSR count). The summed E-state index contributed by atoms with van der Waals surface area (Å²) >= 11 is 0. The molecule has 0 bridgehead atoms. The highest BCUT2D eigenvalue weighted by Crippen LogP contribution is 2.28. The monoisotopic (exact) mass is 531 g/mol. The number of hydrogen-bond donors (Lipinski definition) is 2. The van der Waals surface area contributed by atoms with E-state index in [-0.39, 0.29) is 24.0 Å². The summed E-state index contributed by atoms with van der Waals surface area (Å²) in [5.74, 6) is 0.630. The van der Waals surface area contributed by atoms with Crippen LogP contribution in [0, 0.1) is 19.8 Å². The number of likely N-dealkylation sites (tertiary alicyclic amines) is 2. The second kappa shape index (κ2) is 11.7. The number of aryl methyl sites for hydroxylation is 2. The third-order valence-electron chi connectivity index (χ3n) is 8.76. The molecule has 208 valence electrons. The lowest BCUT2D eigenvalue weighted by Gasteiger charge is -2.41. The zero-order valence-corrected chi connectivity index (χ0v) is 23.4. The van der Waals surface area contributed by atoms with Crippen LogP contribution in [-0.2, 0) is 17.8 Å². The van der Waals surface area contributed by atoms with Gasteiger partial charge in [0.2, 0.25) is 5.91 Å². The van der Waals surface area contributed by atoms with Gasteiger partial charge in [0.15, 0.2) is 0 Å². The normalized spacial score (nSPS) is 19.4. The van der Waals surface area contributed by atoms with E-state index in [1.54, 1.807) is 4.90 Å². The van der Waals surface area contributed by atoms with Crippen LogP contribution in [0.15, 0.2) is 42.5 Å². The molecule has 5 amide bonds. The summed E-state index contributed by atoms with van der Waals surface area (Å²) in [5, 5.41) is 6.09. The van der Waals surface area contributed by atoms with E-state index < -0.39 is 6.04 Å². The highest BCUT2D eigenvalue weighted by molar-refractivity contribution is 5.92. The third-order valence-corrected chi connectivity index (χ3v) is 8.76. The van der Waals surface area contributed by atoms with Crippen LogP contribution < -0.4 is 10.6 Å². The first-order chi connectivity index (χ1) is 18.8. The van der Waals surface area contributed by atoms with Gasteiger partial charge in [-0.25, -0.2) is 9.59 Å². The van der Waals surface area contributed by atoms with Crippen LogP contribution >= 0.6 is 0 Å². The minimum Gasteiger partial charge on any atom is -0.341 e. The van der Waals surface area contributed by atoms with E-state index in [9.17, 15) is 14.4 Å². The van der Waals surface area contributed by atoms with E-state index in [0.29, 0.717) is 44.8 Å². The van der Waals surface area contributed by atoms with Gasteiger partial charge in [-0.3, -0.25) is 4.79 Å². The van der Waals surface area contributed by atoms with Crippen molar-refractivity contribution < 1.29 is 14.4 Å². The molecule has 0 aliphatic carbocycles. The number of carbonyl (C=O) groups is 3. The fourth-order valence-corrected chi connectivity index (χ4v) is 5.95. The molecule has 0 radical (unpaired) electrons. The average molecular weight is 532 g/mol. The number of benzene rings is 2. The van der Waals surface area contributed by atoms with Crippen molar-refractivity contribution in [3.63, 3.8) is 0 Å². The quantitative estimate of drug-likeness (QED) is 0.587. The number of fused-ring (bicyclic) bond motifs is 1. The van der Waals surface area contributed by atoms with Gasteiger partial charge < -0.3 is 25.3 Å². The minimum atomic E-state index is -0.602. The van der Waals surface area contributed by atoms with Gasteiger partial charge in [-0.1, -0.05) is 43.3 Å². The number of urea groups is 2. The van der Waals surface area contributed by atoms with E-state index in [2.05, 4.69) is 49.6 Å². The van der Waals surface area contributed by atoms with Gasteiger partial charge in [-0.2, -0.15) is 0 Å². The van der Waals surface area contributed by atoms with Gasteiger partial charge in [0.05, 0.1) is 0 Å². The first kappa shape index (κ1) is 27.0. The SMILES string of the molecule is Cc1ccc(CC(NC(=O)N2CCC(N3Cc4ccccc4NC3=O)CC2)C(=O)N2CCC(C)CC2)cc1C. The molecule has 1 atom stereocenters. The van der Waals surface area contributed by atoms with Crippen molar-refractivity contribution in [3.05, 3.63) is 64.7 Å². The topological polar surface area (TPSA) is 85.0 Å². The summed E-state index contributed by atoms with van der Waals surface area (Å²) < 4.78 is 0. The van der Waals surface area contributed by atoms with Crippen LogP contribution in [0.25, 0.3) is 0 Å². The van der Waals surface area contributed by atoms with Crippen molar-refractivity contribution in [2.45, 2.75) is 71.5 Å². The molecule has 3 aliphatic rings. The number of nitrogens with one attached hydrogen (secondary N) is 2. The Balaban J connectivity index is 1.22. The lowest BCUT2D eigenvalue weighted by atomic mass is 9.96. The van der Waals surface area contributed by atoms with Crippen molar-refractivity contribution in [2.75, 3.05) is 31.5 Å². The van der Waals surface area contributed by atoms with Crippen LogP contribution in [0.3, 0.4) is 0 Å². The molecule has 3 aliphatic heterocycles. The van der Waals surface area contributed by atoms with Gasteiger partial charge in [-0.05, 0) is 73.8 Å². The number of piperidine rings is 2. The summed E-state index contributed by atoms with van der Waals surface area (Å²) in [6.07, 6.45) is 3.89. The molecular formula is C31H41N5O3. The number of carbonyl (C=O) groups excluding carboxylic acids is 3. The van der Waals surface area contributed by atoms with E-state index in [4.69, 9.17) is 0 Å². The zero-order chi connectivity index (χ0) is 27.5. The molecular weight excluding hydrogens is 490 g/mol. The van der Waals surface area contributed by atoms with Crippen molar-refractivity contribution in [1.82, 2.24) is 20.0 Å². The number of para-hydroxylation sites is 1. The van der Waals surface area contributed by atoms with Gasteiger partial charge in [0.1, 0.15) is 6.04 Å². The minimum absolute atomic E-state index is 0.00650. The number of amides is 5. The molecule has 2 fully saturated rings. The van der Waals surface area contributed by atoms with E-state index >= 15 is 0 Å². The Morgan fingerprint density at radius 2 is 1.64 bits per heavy atom. The van der Waals surface area contributed by atoms with Crippen molar-refractivity contribution in [1.29, 1.82) is 0 Å². The van der Waals surface area contributed by atoms with Crippen molar-refractivity contribution >= 4 is 23.7 Å². The largest absolute Gasteiger partial charge is 0.341 e. The Labute approximate surface area is 231 Å². The standard InChI is InChI=1S/C31H41N5O3/c1-21-10-14-34(15-11-21)29(37)28(19-24-9-8-22(2)23(3)18-24)33-30(38)35-16-12-26(13-17-35)36-20-25-6-4-5-7-27(25)32-31(36)39/h4-9,18,21,26,28H,10-17,19-20H2,1-3H3,(H,32,39)(H,33,38). The van der Waals surface area contributed by atoms with Crippen LogP contribution in [0.5, 0.6) is 0 Å². The van der Waals surface area contributed by atoms with Gasteiger partial charge in [-0.15, -0.1) is 0 Å². The third kappa shape index (κ3) is 6.21. The number of rotatable bonds is 5. The van der Waals surface area contributed by atoms with E-state index in [1.807, 2.05) is 34.1 Å². The number of nitrogens with zero attached hydrogens (tertiary/aromatic N) is 3. The second-order valence-electron chi connectivity index (χ2n) is 11.6. The fraction of sp³-hybridized carbons (Fsp3) is 0.516. The summed E-state index contributed by atoms with van der Waals surface area (Å²) in [6, 6.07) is 13.3. The molecule has 0 spiro atoms. The van der Waals surface area contributed by atoms with Crippen LogP contribution in [0.4, 0.5) is 15.3 Å². The smallest absolute Gasteiger partial charge is 0.322 e. The average Bonchev–Trinajstić information content (AvgIpc) is 2.94. The van der Waals surface area contributed by atoms with Crippen LogP contribution in [-0.4, -0.2) is 70.9 Å². The Bertz CT molecular complexity index is 1210. The molecule has 0 aromatic heterocycles. The Kier molecular flexibility index (Phi) is 8.10. The van der Waals surface area contributed by atoms with Crippen LogP contribution in [0.2, 0.25) is 0 Å². The fourth-order valence-electron chi connectivity index (χ4n) is 5.95. The highest BCUT2D eigenvalue weighted by Gasteiger charge is 2.34. The van der Waals surface area contributed by atoms with Gasteiger partial charge >= 0.3 is 12.1 Å². The Morgan fingerprint density at radius 1 is 0.949 bits per heavy atom. The van der Waals surface area contributed by atoms with Crippen LogP contribution in [0.1, 0.15) is 54.9 Å². The first-order valence-corrected chi connectivity index (χ1v) is 14.3. The lowest BCUT2D eigenvalue weighted by molar-refractivity contribution is -0.134. The van der Waals surface area contributed by atoms with Crippen molar-refractivity contribution in [2.24, 2.45) is 5.92 Å². The Hall–Kier alpha value is -3.55. The predicted molar refractivity (Wildman–Crippen MR) is 153 cm³/mol. The maximum atomic E-state index is 13.6. The molecule has 1 unspecified atom stereocenters. The molecule has 2 N–H and O–H groups in total. The zero-order valence-electron chi connectivity index (χ0n) is 23.4. The predicted octanol–water partition coefficient (Wildman–Crippen LogP) is 4.69. The Morgan fingerprint density at radius 3 is 2.36 bits per heavy atom. The summed E-state index contributed by atoms with van der Waals surface area (Å²) in [5.41, 5.74) is 5.43. The second-order valence-corrected chi connectivity index (χ2v) is 11.6. The summed E-state index contributed by atoms with van der Waals surface area (Å²) in [4.78, 5) is 45.4. The first-order valence-electron chi connectivity index (χ1n) is 14.3. The molecule has 8 heteroatoms. The summed E-state index contributed by atoms with van der Waals surface area (Å²) in [6.45, 7) is 9.55. The van der Waals surface area contributed by atoms with Crippen molar-refractivity contribution in [3.8, 4) is 0 Å². The van der Waals surface area contributed by atoms with E-state index in [0.717, 1.165) is 42.7 Å². The van der Waals surface area contributed by atoms with Gasteiger partial charge in [0.25, 0.3) is 0 Å². The summed E-state index contributed by atoms with van der Waals surface area (Å²) in [7, 11) is 0. The molecule has 2 saturated heterocycles. The maximum Gasteiger partial charge on any atom is 0.322 e. The lowest BCUT2D eigenvalue weighted by Crippen LogP contribution is -2.57. The molecule has 2 aromatic carbocycles. The number of hydrogen-bond acceptors (Lipinski definition) is 3. The van der Waals surface area contributed by atoms with E-state index in [1.165, 1.54) is 11.1 Å². The molecule has 39 heavy (non-hydrogen) atoms. The molecule has 8 nitrogen and oxygen atoms in total. The van der Waals surface area contributed by atoms with Gasteiger partial charge in [0, 0.05) is 50.9 Å². The molecule has 0 saturated carbocycles. The number of anilines is 1. The molecule has 2 aromatic rings. The highest BCUT2D eigenvalue weighted by atomic mass is 16.2.